The lowest BCUT2D eigenvalue weighted by atomic mass is 10.2. The molecule has 0 aliphatic heterocycles. The van der Waals surface area contributed by atoms with Gasteiger partial charge in [-0.25, -0.2) is 0 Å². The van der Waals surface area contributed by atoms with E-state index in [1.54, 1.807) is 9.80 Å². The van der Waals surface area contributed by atoms with Crippen molar-refractivity contribution in [2.75, 3.05) is 39.3 Å². The molecule has 0 bridgehead atoms. The van der Waals surface area contributed by atoms with Gasteiger partial charge in [-0.2, -0.15) is 0 Å². The Morgan fingerprint density at radius 2 is 1.14 bits per heavy atom. The lowest BCUT2D eigenvalue weighted by molar-refractivity contribution is -0.127. The lowest BCUT2D eigenvalue weighted by Crippen LogP contribution is -2.35. The van der Waals surface area contributed by atoms with Crippen molar-refractivity contribution in [2.24, 2.45) is 0 Å². The van der Waals surface area contributed by atoms with Crippen LogP contribution in [0.5, 0.6) is 0 Å². The van der Waals surface area contributed by atoms with E-state index in [1.165, 1.54) is 25.2 Å². The summed E-state index contributed by atoms with van der Waals surface area (Å²) >= 11 is 0. The van der Waals surface area contributed by atoms with Crippen LogP contribution in [-0.2, 0) is 19.2 Å². The molecule has 166 valence electrons. The average molecular weight is 411 g/mol. The van der Waals surface area contributed by atoms with E-state index in [4.69, 9.17) is 0 Å². The predicted molar refractivity (Wildman–Crippen MR) is 118 cm³/mol. The van der Waals surface area contributed by atoms with Crippen LogP contribution >= 0.6 is 0 Å². The summed E-state index contributed by atoms with van der Waals surface area (Å²) in [5.74, 6) is -0.640. The monoisotopic (exact) mass is 410 g/mol. The molecule has 0 spiro atoms. The van der Waals surface area contributed by atoms with Gasteiger partial charge in [0.05, 0.1) is 0 Å². The molecule has 0 heterocycles. The van der Waals surface area contributed by atoms with Crippen LogP contribution in [0.25, 0.3) is 0 Å². The third kappa shape index (κ3) is 13.0. The van der Waals surface area contributed by atoms with Crippen molar-refractivity contribution >= 4 is 23.6 Å². The molecule has 0 radical (unpaired) electrons. The fourth-order valence-electron chi connectivity index (χ4n) is 2.62. The van der Waals surface area contributed by atoms with Crippen molar-refractivity contribution in [3.8, 4) is 0 Å². The quantitative estimate of drug-likeness (QED) is 0.298. The highest BCUT2D eigenvalue weighted by molar-refractivity contribution is 5.87. The van der Waals surface area contributed by atoms with Crippen LogP contribution in [0.1, 0.15) is 35.5 Å². The van der Waals surface area contributed by atoms with Crippen LogP contribution in [0.3, 0.4) is 0 Å². The van der Waals surface area contributed by atoms with Gasteiger partial charge in [0, 0.05) is 49.0 Å². The van der Waals surface area contributed by atoms with E-state index in [1.807, 2.05) is 0 Å². The van der Waals surface area contributed by atoms with E-state index in [-0.39, 0.29) is 26.5 Å². The molecule has 0 unspecified atom stereocenters. The summed E-state index contributed by atoms with van der Waals surface area (Å²) in [6.07, 6.45) is 6.51. The number of nitrogens with zero attached hydrogens (tertiary/aromatic N) is 2. The zero-order valence-electron chi connectivity index (χ0n) is 17.5. The fourth-order valence-corrected chi connectivity index (χ4v) is 2.62. The van der Waals surface area contributed by atoms with E-state index in [9.17, 15) is 19.2 Å². The first-order chi connectivity index (χ1) is 13.8. The highest BCUT2D eigenvalue weighted by Crippen LogP contribution is 2.03. The smallest absolute Gasteiger partial charge is 0.245 e. The SMILES string of the molecule is C=CC(=O)NCCCN(CCCCN(CCCNC(C)=O)C(=O)C=C)C(=O)C=C.[HH].[HH]. The topological polar surface area (TPSA) is 98.8 Å². The van der Waals surface area contributed by atoms with E-state index < -0.39 is 0 Å². The number of hydrogen-bond donors (Lipinski definition) is 2. The first-order valence-corrected chi connectivity index (χ1v) is 9.83. The van der Waals surface area contributed by atoms with Crippen molar-refractivity contribution < 1.29 is 22.0 Å². The summed E-state index contributed by atoms with van der Waals surface area (Å²) in [5.41, 5.74) is 0. The van der Waals surface area contributed by atoms with Crippen molar-refractivity contribution in [1.29, 1.82) is 0 Å². The summed E-state index contributed by atoms with van der Waals surface area (Å²) in [5, 5.41) is 5.38. The van der Waals surface area contributed by atoms with Gasteiger partial charge < -0.3 is 20.4 Å². The predicted octanol–water partition coefficient (Wildman–Crippen LogP) is 1.51. The fraction of sp³-hybridized carbons (Fsp3) is 0.524. The normalized spacial score (nSPS) is 9.83. The average Bonchev–Trinajstić information content (AvgIpc) is 2.72. The van der Waals surface area contributed by atoms with Crippen LogP contribution in [0.15, 0.2) is 38.0 Å². The lowest BCUT2D eigenvalue weighted by Gasteiger charge is -2.24. The Balaban J connectivity index is -0.00000392. The Bertz CT molecular complexity index is 600. The van der Waals surface area contributed by atoms with Gasteiger partial charge in [-0.3, -0.25) is 19.2 Å². The minimum atomic E-state index is -0.239. The molecule has 0 aromatic heterocycles. The van der Waals surface area contributed by atoms with Crippen molar-refractivity contribution in [1.82, 2.24) is 20.4 Å². The number of nitrogens with one attached hydrogen (secondary N) is 2. The molecule has 0 atom stereocenters. The van der Waals surface area contributed by atoms with Gasteiger partial charge in [0.2, 0.25) is 23.6 Å². The molecule has 0 saturated heterocycles. The Morgan fingerprint density at radius 3 is 1.52 bits per heavy atom. The standard InChI is InChI=1S/C21H34N4O4.2H2/c1-5-19(27)23-13-11-17-25(21(29)7-3)15-9-8-14-24(20(28)6-2)16-10-12-22-18(4)26;;/h5-7H,1-3,8-17H2,4H3,(H,22,26)(H,23,27);2*1H. The van der Waals surface area contributed by atoms with E-state index in [0.29, 0.717) is 52.1 Å². The number of rotatable bonds is 16. The maximum Gasteiger partial charge on any atom is 0.245 e. The molecule has 0 aromatic carbocycles. The molecule has 2 N–H and O–H groups in total. The van der Waals surface area contributed by atoms with Gasteiger partial charge in [0.1, 0.15) is 0 Å². The summed E-state index contributed by atoms with van der Waals surface area (Å²) < 4.78 is 0. The largest absolute Gasteiger partial charge is 0.356 e. The number of hydrogen-bond acceptors (Lipinski definition) is 4. The van der Waals surface area contributed by atoms with Crippen molar-refractivity contribution in [2.45, 2.75) is 32.6 Å². The minimum absolute atomic E-state index is 0. The second kappa shape index (κ2) is 16.1. The highest BCUT2D eigenvalue weighted by Gasteiger charge is 2.12. The Labute approximate surface area is 176 Å². The number of carbonyl (C=O) groups excluding carboxylic acids is 4. The second-order valence-electron chi connectivity index (χ2n) is 6.45. The van der Waals surface area contributed by atoms with Gasteiger partial charge in [0.15, 0.2) is 0 Å². The third-order valence-corrected chi connectivity index (χ3v) is 4.15. The Morgan fingerprint density at radius 1 is 0.724 bits per heavy atom. The van der Waals surface area contributed by atoms with Crippen LogP contribution in [0.2, 0.25) is 0 Å². The number of carbonyl (C=O) groups is 4. The van der Waals surface area contributed by atoms with E-state index in [0.717, 1.165) is 12.8 Å². The van der Waals surface area contributed by atoms with Crippen LogP contribution in [0.4, 0.5) is 0 Å². The Hall–Kier alpha value is -2.90. The first kappa shape index (κ1) is 26.1. The van der Waals surface area contributed by atoms with Crippen LogP contribution in [0, 0.1) is 0 Å². The third-order valence-electron chi connectivity index (χ3n) is 4.15. The number of unbranched alkanes of at least 4 members (excludes halogenated alkanes) is 1. The van der Waals surface area contributed by atoms with Gasteiger partial charge in [-0.15, -0.1) is 0 Å². The second-order valence-corrected chi connectivity index (χ2v) is 6.45. The molecule has 0 aromatic rings. The van der Waals surface area contributed by atoms with Gasteiger partial charge in [0.25, 0.3) is 0 Å². The van der Waals surface area contributed by atoms with Gasteiger partial charge in [-0.1, -0.05) is 19.7 Å². The summed E-state index contributed by atoms with van der Waals surface area (Å²) in [6.45, 7) is 15.0. The first-order valence-electron chi connectivity index (χ1n) is 9.83. The molecule has 0 saturated carbocycles. The van der Waals surface area contributed by atoms with E-state index in [2.05, 4.69) is 30.4 Å². The molecule has 0 fully saturated rings. The minimum Gasteiger partial charge on any atom is -0.356 e. The zero-order chi connectivity index (χ0) is 22.1. The summed E-state index contributed by atoms with van der Waals surface area (Å²) in [6, 6.07) is 0. The molecule has 8 heteroatoms. The molecule has 0 aliphatic carbocycles. The molecule has 0 rings (SSSR count). The molecule has 29 heavy (non-hydrogen) atoms. The number of amides is 4. The molecular weight excluding hydrogens is 372 g/mol. The van der Waals surface area contributed by atoms with Gasteiger partial charge in [-0.05, 0) is 43.9 Å². The Kier molecular flexibility index (Phi) is 14.5. The van der Waals surface area contributed by atoms with Gasteiger partial charge >= 0.3 is 0 Å². The maximum absolute atomic E-state index is 12.0. The molecular formula is C21H38N4O4. The zero-order valence-corrected chi connectivity index (χ0v) is 17.5. The molecule has 4 amide bonds. The van der Waals surface area contributed by atoms with Crippen molar-refractivity contribution in [3.63, 3.8) is 0 Å². The van der Waals surface area contributed by atoms with Crippen molar-refractivity contribution in [3.05, 3.63) is 38.0 Å². The maximum atomic E-state index is 12.0. The summed E-state index contributed by atoms with van der Waals surface area (Å²) in [7, 11) is 0. The molecule has 8 nitrogen and oxygen atoms in total. The van der Waals surface area contributed by atoms with E-state index >= 15 is 0 Å². The van der Waals surface area contributed by atoms with Crippen LogP contribution in [-0.4, -0.2) is 72.7 Å². The van der Waals surface area contributed by atoms with Crippen LogP contribution < -0.4 is 10.6 Å². The summed E-state index contributed by atoms with van der Waals surface area (Å²) in [4.78, 5) is 49.4. The highest BCUT2D eigenvalue weighted by atomic mass is 16.2. The molecule has 0 aliphatic rings.